The van der Waals surface area contributed by atoms with Gasteiger partial charge >= 0.3 is 0 Å². The van der Waals surface area contributed by atoms with Crippen molar-refractivity contribution in [2.75, 3.05) is 6.61 Å². The van der Waals surface area contributed by atoms with E-state index in [1.165, 1.54) is 10.9 Å². The normalized spacial score (nSPS) is 11.3. The highest BCUT2D eigenvalue weighted by Crippen LogP contribution is 2.41. The van der Waals surface area contributed by atoms with E-state index in [0.29, 0.717) is 43.6 Å². The Kier molecular flexibility index (Phi) is 6.20. The number of phenolic OH excluding ortho intramolecular Hbond substituents is 1. The van der Waals surface area contributed by atoms with Gasteiger partial charge in [-0.1, -0.05) is 42.5 Å². The summed E-state index contributed by atoms with van der Waals surface area (Å²) in [5, 5.41) is 15.2. The SMILES string of the molecule is CCOc1cc(C=Nn2c(-c3ccccc3)nc3ccccc3c2=O)c(Br)c(Br)c1O. The minimum Gasteiger partial charge on any atom is -0.503 e. The average Bonchev–Trinajstić information content (AvgIpc) is 2.80. The number of para-hydroxylation sites is 1. The van der Waals surface area contributed by atoms with Crippen LogP contribution < -0.4 is 10.3 Å². The Morgan fingerprint density at radius 3 is 2.55 bits per heavy atom. The summed E-state index contributed by atoms with van der Waals surface area (Å²) in [7, 11) is 0. The Bertz CT molecular complexity index is 1350. The van der Waals surface area contributed by atoms with Crippen LogP contribution in [-0.4, -0.2) is 27.6 Å². The Hall–Kier alpha value is -2.97. The number of phenols is 1. The van der Waals surface area contributed by atoms with Crippen molar-refractivity contribution in [3.05, 3.63) is 85.5 Å². The molecule has 0 fully saturated rings. The minimum absolute atomic E-state index is 0.0135. The van der Waals surface area contributed by atoms with Crippen molar-refractivity contribution < 1.29 is 9.84 Å². The van der Waals surface area contributed by atoms with Gasteiger partial charge in [-0.25, -0.2) is 4.98 Å². The van der Waals surface area contributed by atoms with Crippen molar-refractivity contribution in [1.82, 2.24) is 9.66 Å². The summed E-state index contributed by atoms with van der Waals surface area (Å²) in [6.45, 7) is 2.22. The maximum atomic E-state index is 13.2. The highest BCUT2D eigenvalue weighted by molar-refractivity contribution is 9.13. The van der Waals surface area contributed by atoms with E-state index in [0.717, 1.165) is 5.56 Å². The summed E-state index contributed by atoms with van der Waals surface area (Å²) in [5.74, 6) is 0.728. The van der Waals surface area contributed by atoms with Gasteiger partial charge in [0.1, 0.15) is 0 Å². The third kappa shape index (κ3) is 4.13. The van der Waals surface area contributed by atoms with Gasteiger partial charge in [0.15, 0.2) is 17.3 Å². The number of halogens is 2. The first-order chi connectivity index (χ1) is 15.0. The summed E-state index contributed by atoms with van der Waals surface area (Å²) in [6, 6.07) is 18.2. The van der Waals surface area contributed by atoms with Crippen molar-refractivity contribution in [3.8, 4) is 22.9 Å². The van der Waals surface area contributed by atoms with Crippen LogP contribution in [0.4, 0.5) is 0 Å². The third-order valence-electron chi connectivity index (χ3n) is 4.57. The molecule has 1 N–H and O–H groups in total. The molecule has 0 aliphatic rings. The molecule has 0 unspecified atom stereocenters. The number of fused-ring (bicyclic) bond motifs is 1. The Labute approximate surface area is 195 Å². The quantitative estimate of drug-likeness (QED) is 0.334. The molecular weight excluding hydrogens is 526 g/mol. The summed E-state index contributed by atoms with van der Waals surface area (Å²) in [5.41, 5.74) is 1.71. The third-order valence-corrected chi connectivity index (χ3v) is 6.73. The fourth-order valence-electron chi connectivity index (χ4n) is 3.10. The monoisotopic (exact) mass is 541 g/mol. The fourth-order valence-corrected chi connectivity index (χ4v) is 3.93. The number of aromatic nitrogens is 2. The van der Waals surface area contributed by atoms with Gasteiger partial charge in [0.05, 0.1) is 28.2 Å². The van der Waals surface area contributed by atoms with Crippen molar-refractivity contribution >= 4 is 49.0 Å². The van der Waals surface area contributed by atoms with Crippen LogP contribution in [0.5, 0.6) is 11.5 Å². The molecule has 0 amide bonds. The number of hydrogen-bond donors (Lipinski definition) is 1. The maximum absolute atomic E-state index is 13.2. The second-order valence-electron chi connectivity index (χ2n) is 6.55. The maximum Gasteiger partial charge on any atom is 0.282 e. The molecule has 31 heavy (non-hydrogen) atoms. The van der Waals surface area contributed by atoms with Crippen LogP contribution >= 0.6 is 31.9 Å². The van der Waals surface area contributed by atoms with E-state index in [2.05, 4.69) is 41.9 Å². The zero-order valence-corrected chi connectivity index (χ0v) is 19.6. The molecule has 0 atom stereocenters. The number of benzene rings is 3. The van der Waals surface area contributed by atoms with Crippen molar-refractivity contribution in [1.29, 1.82) is 0 Å². The second kappa shape index (κ2) is 9.03. The van der Waals surface area contributed by atoms with E-state index in [-0.39, 0.29) is 11.3 Å². The minimum atomic E-state index is -0.278. The average molecular weight is 543 g/mol. The van der Waals surface area contributed by atoms with Crippen LogP contribution in [0.25, 0.3) is 22.3 Å². The predicted molar refractivity (Wildman–Crippen MR) is 129 cm³/mol. The van der Waals surface area contributed by atoms with Crippen LogP contribution in [0.3, 0.4) is 0 Å². The number of aromatic hydroxyl groups is 1. The standard InChI is InChI=1S/C23H17Br2N3O3/c1-2-31-18-12-15(19(24)20(25)21(18)29)13-26-28-22(14-8-4-3-5-9-14)27-17-11-7-6-10-16(17)23(28)30/h3-13,29H,2H2,1H3. The van der Waals surface area contributed by atoms with E-state index >= 15 is 0 Å². The Morgan fingerprint density at radius 1 is 1.10 bits per heavy atom. The van der Waals surface area contributed by atoms with E-state index in [4.69, 9.17) is 4.74 Å². The second-order valence-corrected chi connectivity index (χ2v) is 8.14. The van der Waals surface area contributed by atoms with Gasteiger partial charge in [-0.3, -0.25) is 4.79 Å². The molecular formula is C23H17Br2N3O3. The summed E-state index contributed by atoms with van der Waals surface area (Å²) in [6.07, 6.45) is 1.53. The van der Waals surface area contributed by atoms with Crippen LogP contribution in [0.2, 0.25) is 0 Å². The van der Waals surface area contributed by atoms with E-state index in [1.807, 2.05) is 43.3 Å². The van der Waals surface area contributed by atoms with Gasteiger partial charge in [0.2, 0.25) is 0 Å². The van der Waals surface area contributed by atoms with Gasteiger partial charge in [-0.2, -0.15) is 9.78 Å². The van der Waals surface area contributed by atoms with Gasteiger partial charge in [-0.15, -0.1) is 0 Å². The van der Waals surface area contributed by atoms with Crippen LogP contribution in [0, 0.1) is 0 Å². The topological polar surface area (TPSA) is 76.7 Å². The van der Waals surface area contributed by atoms with E-state index in [9.17, 15) is 9.90 Å². The summed E-state index contributed by atoms with van der Waals surface area (Å²) in [4.78, 5) is 17.9. The zero-order chi connectivity index (χ0) is 22.0. The molecule has 0 saturated heterocycles. The molecule has 0 bridgehead atoms. The molecule has 0 aliphatic heterocycles. The zero-order valence-electron chi connectivity index (χ0n) is 16.4. The lowest BCUT2D eigenvalue weighted by atomic mass is 10.2. The molecule has 0 spiro atoms. The van der Waals surface area contributed by atoms with Crippen LogP contribution in [-0.2, 0) is 0 Å². The molecule has 156 valence electrons. The molecule has 4 aromatic rings. The lowest BCUT2D eigenvalue weighted by Crippen LogP contribution is -2.20. The molecule has 0 aliphatic carbocycles. The Balaban J connectivity index is 1.92. The number of hydrogen-bond acceptors (Lipinski definition) is 5. The summed E-state index contributed by atoms with van der Waals surface area (Å²) < 4.78 is 7.80. The number of rotatable bonds is 5. The first-order valence-electron chi connectivity index (χ1n) is 9.46. The molecule has 1 aromatic heterocycles. The largest absolute Gasteiger partial charge is 0.503 e. The molecule has 0 radical (unpaired) electrons. The summed E-state index contributed by atoms with van der Waals surface area (Å²) >= 11 is 6.81. The highest BCUT2D eigenvalue weighted by Gasteiger charge is 2.16. The van der Waals surface area contributed by atoms with E-state index < -0.39 is 0 Å². The van der Waals surface area contributed by atoms with E-state index in [1.54, 1.807) is 24.3 Å². The lowest BCUT2D eigenvalue weighted by molar-refractivity contribution is 0.317. The molecule has 0 saturated carbocycles. The van der Waals surface area contributed by atoms with Gasteiger partial charge in [-0.05, 0) is 57.0 Å². The first kappa shape index (κ1) is 21.3. The van der Waals surface area contributed by atoms with Crippen molar-refractivity contribution in [3.63, 3.8) is 0 Å². The van der Waals surface area contributed by atoms with Crippen LogP contribution in [0.1, 0.15) is 12.5 Å². The van der Waals surface area contributed by atoms with Crippen molar-refractivity contribution in [2.24, 2.45) is 5.10 Å². The molecule has 3 aromatic carbocycles. The van der Waals surface area contributed by atoms with Gasteiger partial charge in [0, 0.05) is 15.6 Å². The number of ether oxygens (including phenoxy) is 1. The molecule has 8 heteroatoms. The fraction of sp³-hybridized carbons (Fsp3) is 0.0870. The lowest BCUT2D eigenvalue weighted by Gasteiger charge is -2.12. The molecule has 6 nitrogen and oxygen atoms in total. The van der Waals surface area contributed by atoms with Gasteiger partial charge in [0.25, 0.3) is 5.56 Å². The smallest absolute Gasteiger partial charge is 0.282 e. The van der Waals surface area contributed by atoms with Crippen molar-refractivity contribution in [2.45, 2.75) is 6.92 Å². The van der Waals surface area contributed by atoms with Gasteiger partial charge < -0.3 is 9.84 Å². The predicted octanol–water partition coefficient (Wildman–Crippen LogP) is 5.58. The van der Waals surface area contributed by atoms with Crippen LogP contribution in [0.15, 0.2) is 79.5 Å². The molecule has 4 rings (SSSR count). The number of nitrogens with zero attached hydrogens (tertiary/aromatic N) is 3. The first-order valence-corrected chi connectivity index (χ1v) is 11.0. The highest BCUT2D eigenvalue weighted by atomic mass is 79.9. The Morgan fingerprint density at radius 2 is 1.81 bits per heavy atom. The molecule has 1 heterocycles.